The van der Waals surface area contributed by atoms with Crippen molar-refractivity contribution in [1.82, 2.24) is 15.0 Å². The molecule has 0 aromatic carbocycles. The van der Waals surface area contributed by atoms with Gasteiger partial charge in [0.15, 0.2) is 5.69 Å². The molecule has 0 radical (unpaired) electrons. The number of ether oxygens (including phenoxy) is 1. The van der Waals surface area contributed by atoms with Crippen LogP contribution in [0, 0.1) is 0 Å². The first-order valence-corrected chi connectivity index (χ1v) is 5.69. The second-order valence-corrected chi connectivity index (χ2v) is 4.04. The van der Waals surface area contributed by atoms with E-state index in [-0.39, 0.29) is 17.6 Å². The molecule has 0 aliphatic heterocycles. The third-order valence-electron chi connectivity index (χ3n) is 2.12. The molecule has 20 heavy (non-hydrogen) atoms. The molecular formula is C11H8ClF3N4O. The fourth-order valence-electron chi connectivity index (χ4n) is 1.30. The zero-order chi connectivity index (χ0) is 14.8. The molecule has 2 aromatic rings. The van der Waals surface area contributed by atoms with Crippen LogP contribution < -0.4 is 10.1 Å². The molecule has 106 valence electrons. The van der Waals surface area contributed by atoms with Gasteiger partial charge in [-0.3, -0.25) is 4.98 Å². The maximum Gasteiger partial charge on any atom is 0.433 e. The normalized spacial score (nSPS) is 11.2. The van der Waals surface area contributed by atoms with E-state index in [0.29, 0.717) is 11.1 Å². The van der Waals surface area contributed by atoms with Crippen LogP contribution in [0.1, 0.15) is 5.69 Å². The third kappa shape index (κ3) is 3.47. The molecule has 0 unspecified atom stereocenters. The van der Waals surface area contributed by atoms with Crippen molar-refractivity contribution in [1.29, 1.82) is 0 Å². The van der Waals surface area contributed by atoms with Crippen molar-refractivity contribution in [3.8, 4) is 11.6 Å². The highest BCUT2D eigenvalue weighted by atomic mass is 35.5. The highest BCUT2D eigenvalue weighted by molar-refractivity contribution is 6.30. The van der Waals surface area contributed by atoms with Crippen molar-refractivity contribution < 1.29 is 17.9 Å². The van der Waals surface area contributed by atoms with Crippen molar-refractivity contribution in [2.24, 2.45) is 0 Å². The van der Waals surface area contributed by atoms with E-state index in [1.54, 1.807) is 0 Å². The van der Waals surface area contributed by atoms with Gasteiger partial charge in [0.1, 0.15) is 5.75 Å². The quantitative estimate of drug-likeness (QED) is 0.942. The number of anilines is 1. The first-order valence-electron chi connectivity index (χ1n) is 5.31. The minimum atomic E-state index is -4.60. The molecule has 0 aliphatic rings. The number of hydrogen-bond donors (Lipinski definition) is 1. The summed E-state index contributed by atoms with van der Waals surface area (Å²) in [6, 6.07) is 2.10. The Bertz CT molecular complexity index is 621. The van der Waals surface area contributed by atoms with E-state index in [4.69, 9.17) is 16.3 Å². The Balaban J connectivity index is 2.36. The molecule has 9 heteroatoms. The van der Waals surface area contributed by atoms with Crippen molar-refractivity contribution in [3.05, 3.63) is 35.2 Å². The van der Waals surface area contributed by atoms with E-state index < -0.39 is 11.9 Å². The van der Waals surface area contributed by atoms with Gasteiger partial charge in [-0.05, 0) is 0 Å². The standard InChI is InChI=1S/C11H8ClF3N4O/c1-16-10-18-8(11(13,14)15)3-9(19-10)20-7-2-6(12)4-17-5-7/h2-5H,1H3,(H,16,18,19). The summed E-state index contributed by atoms with van der Waals surface area (Å²) < 4.78 is 43.2. The van der Waals surface area contributed by atoms with Gasteiger partial charge in [-0.25, -0.2) is 4.98 Å². The average molecular weight is 305 g/mol. The summed E-state index contributed by atoms with van der Waals surface area (Å²) in [5.74, 6) is -0.295. The summed E-state index contributed by atoms with van der Waals surface area (Å²) in [5, 5.41) is 2.73. The lowest BCUT2D eigenvalue weighted by Crippen LogP contribution is -2.11. The zero-order valence-corrected chi connectivity index (χ0v) is 10.8. The van der Waals surface area contributed by atoms with E-state index >= 15 is 0 Å². The summed E-state index contributed by atoms with van der Waals surface area (Å²) in [6.07, 6.45) is -1.92. The van der Waals surface area contributed by atoms with E-state index in [9.17, 15) is 13.2 Å². The van der Waals surface area contributed by atoms with Gasteiger partial charge in [0.2, 0.25) is 11.8 Å². The summed E-state index contributed by atoms with van der Waals surface area (Å²) in [6.45, 7) is 0. The van der Waals surface area contributed by atoms with Crippen LogP contribution in [-0.4, -0.2) is 22.0 Å². The van der Waals surface area contributed by atoms with Gasteiger partial charge in [-0.1, -0.05) is 11.6 Å². The molecule has 2 heterocycles. The van der Waals surface area contributed by atoms with Gasteiger partial charge in [-0.15, -0.1) is 0 Å². The van der Waals surface area contributed by atoms with Gasteiger partial charge in [0.25, 0.3) is 0 Å². The Hall–Kier alpha value is -2.09. The molecule has 0 fully saturated rings. The van der Waals surface area contributed by atoms with Crippen LogP contribution in [0.5, 0.6) is 11.6 Å². The average Bonchev–Trinajstić information content (AvgIpc) is 2.37. The molecule has 1 N–H and O–H groups in total. The Morgan fingerprint density at radius 3 is 2.55 bits per heavy atom. The fourth-order valence-corrected chi connectivity index (χ4v) is 1.47. The molecule has 2 aromatic heterocycles. The van der Waals surface area contributed by atoms with E-state index in [1.165, 1.54) is 25.5 Å². The molecule has 5 nitrogen and oxygen atoms in total. The summed E-state index contributed by atoms with van der Waals surface area (Å²) in [5.41, 5.74) is -1.11. The number of halogens is 4. The van der Waals surface area contributed by atoms with Crippen LogP contribution in [0.4, 0.5) is 19.1 Å². The number of nitrogens with zero attached hydrogens (tertiary/aromatic N) is 3. The minimum absolute atomic E-state index is 0.173. The fraction of sp³-hybridized carbons (Fsp3) is 0.182. The minimum Gasteiger partial charge on any atom is -0.437 e. The Morgan fingerprint density at radius 1 is 1.20 bits per heavy atom. The summed E-state index contributed by atoms with van der Waals surface area (Å²) >= 11 is 5.71. The second-order valence-electron chi connectivity index (χ2n) is 3.60. The van der Waals surface area contributed by atoms with Crippen LogP contribution in [0.25, 0.3) is 0 Å². The smallest absolute Gasteiger partial charge is 0.433 e. The van der Waals surface area contributed by atoms with Gasteiger partial charge in [0, 0.05) is 25.4 Å². The largest absolute Gasteiger partial charge is 0.437 e. The van der Waals surface area contributed by atoms with E-state index in [0.717, 1.165) is 0 Å². The number of aromatic nitrogens is 3. The topological polar surface area (TPSA) is 59.9 Å². The highest BCUT2D eigenvalue weighted by Gasteiger charge is 2.34. The molecule has 0 saturated heterocycles. The molecule has 2 rings (SSSR count). The van der Waals surface area contributed by atoms with Crippen LogP contribution in [0.15, 0.2) is 24.5 Å². The number of alkyl halides is 3. The second kappa shape index (κ2) is 5.49. The highest BCUT2D eigenvalue weighted by Crippen LogP contribution is 2.31. The van der Waals surface area contributed by atoms with Crippen LogP contribution in [0.3, 0.4) is 0 Å². The molecule has 0 spiro atoms. The summed E-state index contributed by atoms with van der Waals surface area (Å²) in [7, 11) is 1.40. The van der Waals surface area contributed by atoms with Crippen molar-refractivity contribution in [2.45, 2.75) is 6.18 Å². The predicted octanol–water partition coefficient (Wildman–Crippen LogP) is 3.38. The maximum atomic E-state index is 12.7. The first-order chi connectivity index (χ1) is 9.38. The van der Waals surface area contributed by atoms with Gasteiger partial charge < -0.3 is 10.1 Å². The first kappa shape index (κ1) is 14.3. The van der Waals surface area contributed by atoms with Crippen molar-refractivity contribution in [3.63, 3.8) is 0 Å². The van der Waals surface area contributed by atoms with Gasteiger partial charge in [0.05, 0.1) is 11.2 Å². The SMILES string of the molecule is CNc1nc(Oc2cncc(Cl)c2)cc(C(F)(F)F)n1. The van der Waals surface area contributed by atoms with E-state index in [2.05, 4.69) is 20.3 Å². The van der Waals surface area contributed by atoms with Crippen LogP contribution in [-0.2, 0) is 6.18 Å². The lowest BCUT2D eigenvalue weighted by atomic mass is 10.4. The number of hydrogen-bond acceptors (Lipinski definition) is 5. The van der Waals surface area contributed by atoms with Gasteiger partial charge >= 0.3 is 6.18 Å². The molecule has 0 aliphatic carbocycles. The van der Waals surface area contributed by atoms with Crippen molar-refractivity contribution >= 4 is 17.5 Å². The lowest BCUT2D eigenvalue weighted by Gasteiger charge is -2.10. The Kier molecular flexibility index (Phi) is 3.93. The lowest BCUT2D eigenvalue weighted by molar-refractivity contribution is -0.141. The number of rotatable bonds is 3. The molecular weight excluding hydrogens is 297 g/mol. The predicted molar refractivity (Wildman–Crippen MR) is 65.9 cm³/mol. The monoisotopic (exact) mass is 304 g/mol. The number of pyridine rings is 1. The Labute approximate surface area is 116 Å². The molecule has 0 atom stereocenters. The van der Waals surface area contributed by atoms with Crippen LogP contribution in [0.2, 0.25) is 5.02 Å². The molecule has 0 bridgehead atoms. The zero-order valence-electron chi connectivity index (χ0n) is 10.1. The van der Waals surface area contributed by atoms with Gasteiger partial charge in [-0.2, -0.15) is 18.2 Å². The summed E-state index contributed by atoms with van der Waals surface area (Å²) in [4.78, 5) is 10.8. The maximum absolute atomic E-state index is 12.7. The molecule has 0 saturated carbocycles. The van der Waals surface area contributed by atoms with Crippen molar-refractivity contribution in [2.75, 3.05) is 12.4 Å². The molecule has 0 amide bonds. The van der Waals surface area contributed by atoms with Crippen LogP contribution >= 0.6 is 11.6 Å². The number of nitrogens with one attached hydrogen (secondary N) is 1. The van der Waals surface area contributed by atoms with E-state index in [1.807, 2.05) is 0 Å². The third-order valence-corrected chi connectivity index (χ3v) is 2.33. The Morgan fingerprint density at radius 2 is 1.95 bits per heavy atom.